The minimum absolute atomic E-state index is 0.104. The van der Waals surface area contributed by atoms with E-state index in [0.717, 1.165) is 0 Å². The maximum atomic E-state index is 11.1. The van der Waals surface area contributed by atoms with Crippen molar-refractivity contribution in [2.45, 2.75) is 39.7 Å². The van der Waals surface area contributed by atoms with E-state index in [1.54, 1.807) is 19.1 Å². The van der Waals surface area contributed by atoms with Crippen LogP contribution in [-0.4, -0.2) is 21.2 Å². The number of hydrogen-bond donors (Lipinski definition) is 1. The second-order valence-corrected chi connectivity index (χ2v) is 5.78. The Bertz CT molecular complexity index is 656. The molecule has 2 rings (SSSR count). The zero-order chi connectivity index (χ0) is 15.6. The lowest BCUT2D eigenvalue weighted by Crippen LogP contribution is -2.13. The van der Waals surface area contributed by atoms with Crippen LogP contribution in [0.4, 0.5) is 0 Å². The topological polar surface area (TPSA) is 85.5 Å². The van der Waals surface area contributed by atoms with E-state index in [-0.39, 0.29) is 17.6 Å². The van der Waals surface area contributed by atoms with Crippen molar-refractivity contribution in [1.29, 1.82) is 0 Å². The van der Waals surface area contributed by atoms with Gasteiger partial charge in [0.1, 0.15) is 5.75 Å². The molecule has 0 aliphatic rings. The fourth-order valence-corrected chi connectivity index (χ4v) is 1.76. The Morgan fingerprint density at radius 3 is 2.67 bits per heavy atom. The van der Waals surface area contributed by atoms with Gasteiger partial charge >= 0.3 is 5.97 Å². The maximum absolute atomic E-state index is 11.1. The van der Waals surface area contributed by atoms with Crippen LogP contribution in [0.5, 0.6) is 5.75 Å². The molecule has 0 spiro atoms. The molecule has 1 heterocycles. The number of carboxylic acid groups (broad SMARTS) is 1. The quantitative estimate of drug-likeness (QED) is 0.931. The molecule has 0 radical (unpaired) electrons. The molecule has 21 heavy (non-hydrogen) atoms. The summed E-state index contributed by atoms with van der Waals surface area (Å²) >= 11 is 0. The maximum Gasteiger partial charge on any atom is 0.336 e. The van der Waals surface area contributed by atoms with E-state index in [1.807, 2.05) is 20.8 Å². The molecular weight excluding hydrogens is 272 g/mol. The van der Waals surface area contributed by atoms with Crippen molar-refractivity contribution >= 4 is 5.97 Å². The molecule has 0 unspecified atom stereocenters. The molecule has 0 saturated carbocycles. The lowest BCUT2D eigenvalue weighted by Gasteiger charge is -2.11. The number of ether oxygens (including phenoxy) is 1. The molecule has 0 amide bonds. The van der Waals surface area contributed by atoms with Gasteiger partial charge in [0.25, 0.3) is 5.89 Å². The van der Waals surface area contributed by atoms with Gasteiger partial charge < -0.3 is 14.4 Å². The van der Waals surface area contributed by atoms with Gasteiger partial charge in [-0.25, -0.2) is 4.79 Å². The molecular formula is C15H18N2O4. The van der Waals surface area contributed by atoms with Gasteiger partial charge in [0, 0.05) is 11.0 Å². The van der Waals surface area contributed by atoms with Gasteiger partial charge in [-0.05, 0) is 19.1 Å². The van der Waals surface area contributed by atoms with E-state index in [0.29, 0.717) is 23.0 Å². The number of aromatic nitrogens is 2. The third-order valence-corrected chi connectivity index (χ3v) is 3.00. The fourth-order valence-electron chi connectivity index (χ4n) is 1.76. The predicted molar refractivity (Wildman–Crippen MR) is 75.5 cm³/mol. The molecule has 2 aromatic rings. The van der Waals surface area contributed by atoms with Gasteiger partial charge in [0.05, 0.1) is 5.56 Å². The molecule has 6 heteroatoms. The van der Waals surface area contributed by atoms with Crippen LogP contribution < -0.4 is 4.74 Å². The summed E-state index contributed by atoms with van der Waals surface area (Å²) in [6.45, 7) is 7.77. The summed E-state index contributed by atoms with van der Waals surface area (Å²) < 4.78 is 10.7. The van der Waals surface area contributed by atoms with E-state index in [2.05, 4.69) is 10.1 Å². The van der Waals surface area contributed by atoms with Crippen molar-refractivity contribution in [2.75, 3.05) is 0 Å². The third kappa shape index (κ3) is 3.39. The molecule has 1 N–H and O–H groups in total. The van der Waals surface area contributed by atoms with Crippen LogP contribution in [0.25, 0.3) is 0 Å². The molecule has 0 fully saturated rings. The van der Waals surface area contributed by atoms with Gasteiger partial charge in [-0.2, -0.15) is 4.98 Å². The normalized spacial score (nSPS) is 11.4. The highest BCUT2D eigenvalue weighted by atomic mass is 16.5. The lowest BCUT2D eigenvalue weighted by molar-refractivity contribution is 0.0695. The Kier molecular flexibility index (Phi) is 3.97. The van der Waals surface area contributed by atoms with Gasteiger partial charge in [-0.1, -0.05) is 32.0 Å². The van der Waals surface area contributed by atoms with E-state index in [4.69, 9.17) is 14.4 Å². The van der Waals surface area contributed by atoms with Crippen LogP contribution in [0.3, 0.4) is 0 Å². The van der Waals surface area contributed by atoms with E-state index in [9.17, 15) is 4.79 Å². The van der Waals surface area contributed by atoms with Gasteiger partial charge in [0.2, 0.25) is 0 Å². The van der Waals surface area contributed by atoms with E-state index < -0.39 is 5.97 Å². The number of aromatic carboxylic acids is 1. The highest BCUT2D eigenvalue weighted by Gasteiger charge is 2.21. The van der Waals surface area contributed by atoms with Gasteiger partial charge in [-0.3, -0.25) is 0 Å². The minimum atomic E-state index is -0.981. The Hall–Kier alpha value is -2.37. The van der Waals surface area contributed by atoms with Crippen molar-refractivity contribution in [3.63, 3.8) is 0 Å². The largest absolute Gasteiger partial charge is 0.483 e. The molecule has 1 aromatic carbocycles. The molecule has 0 bridgehead atoms. The van der Waals surface area contributed by atoms with Gasteiger partial charge in [0.15, 0.2) is 12.4 Å². The Morgan fingerprint density at radius 1 is 1.38 bits per heavy atom. The standard InChI is InChI=1S/C15H18N2O4/c1-9-10(13(18)19)6-5-7-11(9)20-8-12-16-14(17-21-12)15(2,3)4/h5-7H,8H2,1-4H3,(H,18,19). The summed E-state index contributed by atoms with van der Waals surface area (Å²) in [6, 6.07) is 4.89. The molecule has 0 aliphatic heterocycles. The van der Waals surface area contributed by atoms with Crippen LogP contribution in [0.1, 0.15) is 48.4 Å². The number of benzene rings is 1. The monoisotopic (exact) mass is 290 g/mol. The van der Waals surface area contributed by atoms with Crippen molar-refractivity contribution in [2.24, 2.45) is 0 Å². The molecule has 0 atom stereocenters. The zero-order valence-corrected chi connectivity index (χ0v) is 12.5. The van der Waals surface area contributed by atoms with Crippen molar-refractivity contribution in [3.8, 4) is 5.75 Å². The van der Waals surface area contributed by atoms with Crippen LogP contribution in [0.15, 0.2) is 22.7 Å². The summed E-state index contributed by atoms with van der Waals surface area (Å²) in [5.41, 5.74) is 0.593. The molecule has 112 valence electrons. The fraction of sp³-hybridized carbons (Fsp3) is 0.400. The summed E-state index contributed by atoms with van der Waals surface area (Å²) in [7, 11) is 0. The first kappa shape index (κ1) is 15.0. The number of carbonyl (C=O) groups is 1. The number of hydrogen-bond acceptors (Lipinski definition) is 5. The number of nitrogens with zero attached hydrogens (tertiary/aromatic N) is 2. The molecule has 6 nitrogen and oxygen atoms in total. The average Bonchev–Trinajstić information content (AvgIpc) is 2.86. The van der Waals surface area contributed by atoms with Crippen LogP contribution in [0.2, 0.25) is 0 Å². The highest BCUT2D eigenvalue weighted by Crippen LogP contribution is 2.23. The van der Waals surface area contributed by atoms with Crippen LogP contribution >= 0.6 is 0 Å². The smallest absolute Gasteiger partial charge is 0.336 e. The Balaban J connectivity index is 2.12. The summed E-state index contributed by atoms with van der Waals surface area (Å²) in [6.07, 6.45) is 0. The van der Waals surface area contributed by atoms with E-state index >= 15 is 0 Å². The number of rotatable bonds is 4. The first-order chi connectivity index (χ1) is 9.79. The minimum Gasteiger partial charge on any atom is -0.483 e. The highest BCUT2D eigenvalue weighted by molar-refractivity contribution is 5.90. The summed E-state index contributed by atoms with van der Waals surface area (Å²) in [5.74, 6) is 0.480. The summed E-state index contributed by atoms with van der Waals surface area (Å²) in [4.78, 5) is 15.3. The summed E-state index contributed by atoms with van der Waals surface area (Å²) in [5, 5.41) is 13.0. The Labute approximate surface area is 122 Å². The first-order valence-corrected chi connectivity index (χ1v) is 6.58. The van der Waals surface area contributed by atoms with Gasteiger partial charge in [-0.15, -0.1) is 0 Å². The average molecular weight is 290 g/mol. The third-order valence-electron chi connectivity index (χ3n) is 3.00. The number of carboxylic acids is 1. The van der Waals surface area contributed by atoms with Crippen LogP contribution in [0, 0.1) is 6.92 Å². The molecule has 0 aliphatic carbocycles. The zero-order valence-electron chi connectivity index (χ0n) is 12.5. The van der Waals surface area contributed by atoms with Crippen molar-refractivity contribution < 1.29 is 19.2 Å². The second kappa shape index (κ2) is 5.55. The van der Waals surface area contributed by atoms with Crippen LogP contribution in [-0.2, 0) is 12.0 Å². The predicted octanol–water partition coefficient (Wildman–Crippen LogP) is 2.95. The second-order valence-electron chi connectivity index (χ2n) is 5.78. The lowest BCUT2D eigenvalue weighted by atomic mass is 9.96. The Morgan fingerprint density at radius 2 is 2.10 bits per heavy atom. The van der Waals surface area contributed by atoms with E-state index in [1.165, 1.54) is 6.07 Å². The molecule has 1 aromatic heterocycles. The molecule has 0 saturated heterocycles. The van der Waals surface area contributed by atoms with Crippen molar-refractivity contribution in [3.05, 3.63) is 41.0 Å². The SMILES string of the molecule is Cc1c(OCc2nc(C(C)(C)C)no2)cccc1C(=O)O. The first-order valence-electron chi connectivity index (χ1n) is 6.58. The van der Waals surface area contributed by atoms with Crippen molar-refractivity contribution in [1.82, 2.24) is 10.1 Å².